The van der Waals surface area contributed by atoms with Crippen LogP contribution in [0, 0.1) is 29.6 Å². The van der Waals surface area contributed by atoms with E-state index in [1.807, 2.05) is 12.1 Å². The average molecular weight is 330 g/mol. The second-order valence-corrected chi connectivity index (χ2v) is 5.23. The number of ether oxygens (including phenoxy) is 1. The maximum absolute atomic E-state index is 13.3. The fourth-order valence-electron chi connectivity index (χ4n) is 2.51. The highest BCUT2D eigenvalue weighted by Crippen LogP contribution is 2.35. The van der Waals surface area contributed by atoms with Gasteiger partial charge in [0.15, 0.2) is 0 Å². The topological polar surface area (TPSA) is 56.8 Å². The maximum Gasteiger partial charge on any atom is 0.416 e. The third-order valence-corrected chi connectivity index (χ3v) is 3.66. The van der Waals surface area contributed by atoms with E-state index in [4.69, 9.17) is 4.74 Å². The Kier molecular flexibility index (Phi) is 4.80. The van der Waals surface area contributed by atoms with Gasteiger partial charge in [0.05, 0.1) is 29.9 Å². The van der Waals surface area contributed by atoms with E-state index in [9.17, 15) is 23.7 Å². The van der Waals surface area contributed by atoms with E-state index in [1.54, 1.807) is 13.0 Å². The van der Waals surface area contributed by atoms with Crippen molar-refractivity contribution in [3.05, 3.63) is 63.7 Å². The Balaban J connectivity index is 2.66. The molecule has 0 aliphatic carbocycles. The summed E-state index contributed by atoms with van der Waals surface area (Å²) in [6.07, 6.45) is -4.70. The molecule has 0 aliphatic heterocycles. The minimum Gasteiger partial charge on any atom is -0.495 e. The van der Waals surface area contributed by atoms with Gasteiger partial charge < -0.3 is 4.74 Å². The quantitative estimate of drug-likeness (QED) is 0.840. The highest BCUT2D eigenvalue weighted by atomic mass is 19.4. The van der Waals surface area contributed by atoms with E-state index >= 15 is 0 Å². The Morgan fingerprint density at radius 2 is 1.79 bits per heavy atom. The van der Waals surface area contributed by atoms with E-state index in [0.717, 1.165) is 6.07 Å². The summed E-state index contributed by atoms with van der Waals surface area (Å²) in [7, 11) is 1.36. The van der Waals surface area contributed by atoms with Crippen molar-refractivity contribution in [2.75, 3.05) is 7.11 Å². The molecule has 0 unspecified atom stereocenters. The van der Waals surface area contributed by atoms with Gasteiger partial charge >= 0.3 is 6.18 Å². The molecule has 2 aromatic rings. The van der Waals surface area contributed by atoms with Gasteiger partial charge in [0.2, 0.25) is 0 Å². The van der Waals surface area contributed by atoms with E-state index in [2.05, 4.69) is 0 Å². The molecule has 0 aliphatic rings. The van der Waals surface area contributed by atoms with E-state index < -0.39 is 11.7 Å². The van der Waals surface area contributed by atoms with Crippen LogP contribution in [0.15, 0.2) is 30.3 Å². The standard InChI is InChI=1S/C18H13F3N2O/c1-11-3-4-12(16(7-11)18(19,20)21)8-14-13(9-22)5-6-17(24-2)15(14)10-23/h3-7H,8H2,1-2H3. The highest BCUT2D eigenvalue weighted by molar-refractivity contribution is 5.57. The van der Waals surface area contributed by atoms with Crippen LogP contribution in [0.4, 0.5) is 13.2 Å². The van der Waals surface area contributed by atoms with Crippen molar-refractivity contribution in [1.82, 2.24) is 0 Å². The third kappa shape index (κ3) is 3.33. The molecule has 6 heteroatoms. The van der Waals surface area contributed by atoms with E-state index in [0.29, 0.717) is 5.56 Å². The molecule has 2 rings (SSSR count). The van der Waals surface area contributed by atoms with Crippen LogP contribution in [0.2, 0.25) is 0 Å². The average Bonchev–Trinajstić information content (AvgIpc) is 2.54. The second kappa shape index (κ2) is 6.64. The van der Waals surface area contributed by atoms with Crippen LogP contribution >= 0.6 is 0 Å². The smallest absolute Gasteiger partial charge is 0.416 e. The van der Waals surface area contributed by atoms with Gasteiger partial charge in [-0.15, -0.1) is 0 Å². The van der Waals surface area contributed by atoms with Crippen molar-refractivity contribution < 1.29 is 17.9 Å². The molecule has 3 nitrogen and oxygen atoms in total. The molecule has 24 heavy (non-hydrogen) atoms. The second-order valence-electron chi connectivity index (χ2n) is 5.23. The summed E-state index contributed by atoms with van der Waals surface area (Å²) in [5, 5.41) is 18.6. The summed E-state index contributed by atoms with van der Waals surface area (Å²) in [5.74, 6) is 0.229. The van der Waals surface area contributed by atoms with Gasteiger partial charge in [-0.1, -0.05) is 17.7 Å². The Labute approximate surface area is 137 Å². The number of rotatable bonds is 3. The maximum atomic E-state index is 13.3. The molecule has 0 radical (unpaired) electrons. The summed E-state index contributed by atoms with van der Waals surface area (Å²) in [4.78, 5) is 0. The minimum atomic E-state index is -4.51. The predicted octanol–water partition coefficient (Wildman–Crippen LogP) is 4.36. The van der Waals surface area contributed by atoms with Crippen LogP contribution in [0.5, 0.6) is 5.75 Å². The number of methoxy groups -OCH3 is 1. The molecule has 122 valence electrons. The molecule has 0 atom stereocenters. The molecular weight excluding hydrogens is 317 g/mol. The summed E-state index contributed by atoms with van der Waals surface area (Å²) < 4.78 is 44.9. The number of halogens is 3. The highest BCUT2D eigenvalue weighted by Gasteiger charge is 2.33. The SMILES string of the molecule is COc1ccc(C#N)c(Cc2ccc(C)cc2C(F)(F)F)c1C#N. The number of alkyl halides is 3. The zero-order chi connectivity index (χ0) is 17.9. The summed E-state index contributed by atoms with van der Waals surface area (Å²) in [5.41, 5.74) is 0.185. The first kappa shape index (κ1) is 17.4. The molecule has 0 N–H and O–H groups in total. The van der Waals surface area contributed by atoms with Crippen molar-refractivity contribution in [3.63, 3.8) is 0 Å². The fourth-order valence-corrected chi connectivity index (χ4v) is 2.51. The molecule has 2 aromatic carbocycles. The molecule has 0 saturated heterocycles. The Bertz CT molecular complexity index is 858. The number of benzene rings is 2. The lowest BCUT2D eigenvalue weighted by atomic mass is 9.92. The summed E-state index contributed by atoms with van der Waals surface area (Å²) in [6, 6.07) is 10.8. The van der Waals surface area contributed by atoms with E-state index in [-0.39, 0.29) is 34.4 Å². The van der Waals surface area contributed by atoms with Crippen LogP contribution < -0.4 is 4.74 Å². The van der Waals surface area contributed by atoms with Crippen LogP contribution in [-0.2, 0) is 12.6 Å². The van der Waals surface area contributed by atoms with Crippen molar-refractivity contribution in [3.8, 4) is 17.9 Å². The van der Waals surface area contributed by atoms with Crippen LogP contribution in [0.25, 0.3) is 0 Å². The normalized spacial score (nSPS) is 10.8. The van der Waals surface area contributed by atoms with Gasteiger partial charge in [-0.2, -0.15) is 23.7 Å². The van der Waals surface area contributed by atoms with Gasteiger partial charge in [0.25, 0.3) is 0 Å². The van der Waals surface area contributed by atoms with E-state index in [1.165, 1.54) is 25.3 Å². The minimum absolute atomic E-state index is 0.00866. The molecule has 0 fully saturated rings. The lowest BCUT2D eigenvalue weighted by molar-refractivity contribution is -0.138. The van der Waals surface area contributed by atoms with Gasteiger partial charge in [-0.05, 0) is 36.2 Å². The molecular formula is C18H13F3N2O. The Morgan fingerprint density at radius 3 is 2.33 bits per heavy atom. The lowest BCUT2D eigenvalue weighted by Crippen LogP contribution is -2.11. The zero-order valence-electron chi connectivity index (χ0n) is 13.0. The van der Waals surface area contributed by atoms with Gasteiger partial charge in [0, 0.05) is 6.42 Å². The van der Waals surface area contributed by atoms with Gasteiger partial charge in [-0.3, -0.25) is 0 Å². The monoisotopic (exact) mass is 330 g/mol. The Morgan fingerprint density at radius 1 is 1.08 bits per heavy atom. The van der Waals surface area contributed by atoms with Gasteiger partial charge in [0.1, 0.15) is 11.8 Å². The number of hydrogen-bond acceptors (Lipinski definition) is 3. The first-order chi connectivity index (χ1) is 11.3. The van der Waals surface area contributed by atoms with Crippen molar-refractivity contribution in [2.45, 2.75) is 19.5 Å². The number of nitrogens with zero attached hydrogens (tertiary/aromatic N) is 2. The molecule has 0 amide bonds. The number of aryl methyl sites for hydroxylation is 1. The largest absolute Gasteiger partial charge is 0.495 e. The summed E-state index contributed by atoms with van der Waals surface area (Å²) in [6.45, 7) is 1.58. The first-order valence-corrected chi connectivity index (χ1v) is 6.98. The van der Waals surface area contributed by atoms with Crippen molar-refractivity contribution >= 4 is 0 Å². The van der Waals surface area contributed by atoms with Crippen LogP contribution in [-0.4, -0.2) is 7.11 Å². The number of nitriles is 2. The predicted molar refractivity (Wildman–Crippen MR) is 81.4 cm³/mol. The Hall–Kier alpha value is -2.99. The zero-order valence-corrected chi connectivity index (χ0v) is 13.0. The fraction of sp³-hybridized carbons (Fsp3) is 0.222. The molecule has 0 saturated carbocycles. The van der Waals surface area contributed by atoms with Gasteiger partial charge in [-0.25, -0.2) is 0 Å². The van der Waals surface area contributed by atoms with Crippen LogP contribution in [0.3, 0.4) is 0 Å². The molecule has 0 bridgehead atoms. The molecule has 0 heterocycles. The lowest BCUT2D eigenvalue weighted by Gasteiger charge is -2.16. The van der Waals surface area contributed by atoms with Crippen LogP contribution in [0.1, 0.15) is 33.4 Å². The van der Waals surface area contributed by atoms with Crippen molar-refractivity contribution in [2.24, 2.45) is 0 Å². The molecule has 0 aromatic heterocycles. The first-order valence-electron chi connectivity index (χ1n) is 6.98. The van der Waals surface area contributed by atoms with Crippen molar-refractivity contribution in [1.29, 1.82) is 10.5 Å². The summed E-state index contributed by atoms with van der Waals surface area (Å²) >= 11 is 0. The third-order valence-electron chi connectivity index (χ3n) is 3.66. The molecule has 0 spiro atoms. The number of hydrogen-bond donors (Lipinski definition) is 0.